The molecule has 5 heteroatoms. The summed E-state index contributed by atoms with van der Waals surface area (Å²) in [5.74, 6) is 1.62. The summed E-state index contributed by atoms with van der Waals surface area (Å²) < 4.78 is 6.10. The second kappa shape index (κ2) is 6.58. The molecule has 138 valence electrons. The van der Waals surface area contributed by atoms with Gasteiger partial charge in [-0.3, -0.25) is 4.99 Å². The summed E-state index contributed by atoms with van der Waals surface area (Å²) in [6.45, 7) is 6.41. The van der Waals surface area contributed by atoms with Gasteiger partial charge in [-0.25, -0.2) is 0 Å². The molecule has 25 heavy (non-hydrogen) atoms. The van der Waals surface area contributed by atoms with Crippen LogP contribution < -0.4 is 10.6 Å². The molecule has 3 aliphatic rings. The lowest BCUT2D eigenvalue weighted by molar-refractivity contribution is -0.125. The van der Waals surface area contributed by atoms with Gasteiger partial charge in [-0.15, -0.1) is 11.3 Å². The first-order valence-corrected chi connectivity index (χ1v) is 10.6. The minimum atomic E-state index is 0.107. The van der Waals surface area contributed by atoms with E-state index in [9.17, 15) is 0 Å². The van der Waals surface area contributed by atoms with E-state index in [0.717, 1.165) is 19.1 Å². The minimum absolute atomic E-state index is 0.107. The molecule has 2 N–H and O–H groups in total. The Balaban J connectivity index is 1.40. The van der Waals surface area contributed by atoms with E-state index < -0.39 is 0 Å². The number of thiophene rings is 1. The quantitative estimate of drug-likeness (QED) is 0.637. The fraction of sp³-hybridized carbons (Fsp3) is 0.750. The topological polar surface area (TPSA) is 45.7 Å². The molecule has 2 aliphatic carbocycles. The molecular weight excluding hydrogens is 330 g/mol. The molecule has 0 bridgehead atoms. The second-order valence-corrected chi connectivity index (χ2v) is 9.54. The zero-order chi connectivity index (χ0) is 17.5. The average molecular weight is 362 g/mol. The second-order valence-electron chi connectivity index (χ2n) is 8.59. The van der Waals surface area contributed by atoms with E-state index in [0.29, 0.717) is 23.5 Å². The Labute approximate surface area is 155 Å². The molecule has 3 atom stereocenters. The lowest BCUT2D eigenvalue weighted by atomic mass is 9.54. The molecule has 0 radical (unpaired) electrons. The smallest absolute Gasteiger partial charge is 0.191 e. The van der Waals surface area contributed by atoms with E-state index in [1.165, 1.54) is 37.0 Å². The maximum atomic E-state index is 6.10. The Morgan fingerprint density at radius 2 is 2.20 bits per heavy atom. The normalized spacial score (nSPS) is 31.0. The fourth-order valence-corrected chi connectivity index (χ4v) is 6.15. The summed E-state index contributed by atoms with van der Waals surface area (Å²) in [4.78, 5) is 5.93. The lowest BCUT2D eigenvalue weighted by Gasteiger charge is -2.57. The first-order valence-electron chi connectivity index (χ1n) is 9.70. The summed E-state index contributed by atoms with van der Waals surface area (Å²) in [6, 6.07) is 4.88. The van der Waals surface area contributed by atoms with Crippen molar-refractivity contribution in [2.24, 2.45) is 16.3 Å². The number of hydrogen-bond donors (Lipinski definition) is 2. The van der Waals surface area contributed by atoms with Crippen molar-refractivity contribution in [3.05, 3.63) is 22.4 Å². The maximum Gasteiger partial charge on any atom is 0.191 e. The molecule has 2 heterocycles. The Bertz CT molecular complexity index is 619. The van der Waals surface area contributed by atoms with Gasteiger partial charge in [0.1, 0.15) is 0 Å². The molecule has 3 unspecified atom stereocenters. The van der Waals surface area contributed by atoms with E-state index in [-0.39, 0.29) is 5.41 Å². The Morgan fingerprint density at radius 3 is 2.88 bits per heavy atom. The van der Waals surface area contributed by atoms with Crippen LogP contribution in [0.3, 0.4) is 0 Å². The van der Waals surface area contributed by atoms with Gasteiger partial charge in [0, 0.05) is 47.9 Å². The molecular formula is C20H31N3OS. The molecule has 0 aromatic carbocycles. The summed E-state index contributed by atoms with van der Waals surface area (Å²) >= 11 is 1.83. The summed E-state index contributed by atoms with van der Waals surface area (Å²) in [6.07, 6.45) is 7.01. The van der Waals surface area contributed by atoms with Crippen molar-refractivity contribution < 1.29 is 4.74 Å². The van der Waals surface area contributed by atoms with Crippen LogP contribution in [0.1, 0.15) is 50.8 Å². The molecule has 1 aliphatic heterocycles. The predicted molar refractivity (Wildman–Crippen MR) is 104 cm³/mol. The number of nitrogens with one attached hydrogen (secondary N) is 2. The van der Waals surface area contributed by atoms with Gasteiger partial charge < -0.3 is 15.4 Å². The van der Waals surface area contributed by atoms with Crippen LogP contribution in [-0.4, -0.2) is 38.3 Å². The van der Waals surface area contributed by atoms with Crippen LogP contribution >= 0.6 is 11.3 Å². The molecule has 1 spiro atoms. The molecule has 1 aromatic rings. The highest BCUT2D eigenvalue weighted by Crippen LogP contribution is 2.60. The van der Waals surface area contributed by atoms with Crippen molar-refractivity contribution >= 4 is 17.3 Å². The van der Waals surface area contributed by atoms with Crippen LogP contribution in [0.4, 0.5) is 0 Å². The zero-order valence-electron chi connectivity index (χ0n) is 15.7. The van der Waals surface area contributed by atoms with Crippen LogP contribution in [-0.2, 0) is 10.2 Å². The molecule has 3 fully saturated rings. The number of nitrogens with zero attached hydrogens (tertiary/aromatic N) is 1. The van der Waals surface area contributed by atoms with Gasteiger partial charge in [0.05, 0.1) is 6.10 Å². The van der Waals surface area contributed by atoms with Gasteiger partial charge in [0.2, 0.25) is 0 Å². The highest BCUT2D eigenvalue weighted by Gasteiger charge is 2.65. The van der Waals surface area contributed by atoms with Crippen LogP contribution in [0.5, 0.6) is 0 Å². The van der Waals surface area contributed by atoms with Crippen molar-refractivity contribution in [2.75, 3.05) is 20.2 Å². The van der Waals surface area contributed by atoms with Crippen LogP contribution in [0, 0.1) is 11.3 Å². The number of aliphatic imine (C=N–C) groups is 1. The number of fused-ring (bicyclic) bond motifs is 2. The molecule has 4 rings (SSSR count). The summed E-state index contributed by atoms with van der Waals surface area (Å²) in [5.41, 5.74) is 0.470. The number of ether oxygens (including phenoxy) is 1. The van der Waals surface area contributed by atoms with E-state index >= 15 is 0 Å². The first kappa shape index (κ1) is 17.3. The van der Waals surface area contributed by atoms with Crippen LogP contribution in [0.15, 0.2) is 22.5 Å². The van der Waals surface area contributed by atoms with Gasteiger partial charge in [0.25, 0.3) is 0 Å². The van der Waals surface area contributed by atoms with Gasteiger partial charge in [-0.05, 0) is 30.7 Å². The molecule has 4 nitrogen and oxygen atoms in total. The first-order chi connectivity index (χ1) is 12.1. The molecule has 1 aromatic heterocycles. The van der Waals surface area contributed by atoms with Gasteiger partial charge in [0.15, 0.2) is 5.96 Å². The number of hydrogen-bond acceptors (Lipinski definition) is 3. The Kier molecular flexibility index (Phi) is 4.57. The third-order valence-corrected chi connectivity index (χ3v) is 7.92. The number of guanidine groups is 1. The van der Waals surface area contributed by atoms with Crippen LogP contribution in [0.2, 0.25) is 0 Å². The highest BCUT2D eigenvalue weighted by molar-refractivity contribution is 7.10. The molecule has 1 saturated heterocycles. The van der Waals surface area contributed by atoms with E-state index in [2.05, 4.69) is 47.0 Å². The van der Waals surface area contributed by atoms with Crippen molar-refractivity contribution in [1.29, 1.82) is 0 Å². The lowest BCUT2D eigenvalue weighted by Crippen LogP contribution is -2.69. The SMILES string of the molecule is CN=C(NCC(C)(C)c1cccs1)NC1C2CCOC2C12CCCC2. The predicted octanol–water partition coefficient (Wildman–Crippen LogP) is 3.54. The molecule has 2 saturated carbocycles. The molecule has 0 amide bonds. The number of rotatable bonds is 4. The summed E-state index contributed by atoms with van der Waals surface area (Å²) in [5, 5.41) is 9.53. The van der Waals surface area contributed by atoms with Gasteiger partial charge in [-0.1, -0.05) is 32.8 Å². The third kappa shape index (κ3) is 2.89. The monoisotopic (exact) mass is 361 g/mol. The van der Waals surface area contributed by atoms with Crippen molar-refractivity contribution in [3.63, 3.8) is 0 Å². The van der Waals surface area contributed by atoms with Gasteiger partial charge in [-0.2, -0.15) is 0 Å². The van der Waals surface area contributed by atoms with Gasteiger partial charge >= 0.3 is 0 Å². The summed E-state index contributed by atoms with van der Waals surface area (Å²) in [7, 11) is 1.89. The Morgan fingerprint density at radius 1 is 1.40 bits per heavy atom. The highest BCUT2D eigenvalue weighted by atomic mass is 32.1. The average Bonchev–Trinajstić information content (AvgIpc) is 3.34. The van der Waals surface area contributed by atoms with E-state index in [1.807, 2.05) is 18.4 Å². The largest absolute Gasteiger partial charge is 0.377 e. The fourth-order valence-electron chi connectivity index (χ4n) is 5.30. The van der Waals surface area contributed by atoms with Crippen LogP contribution in [0.25, 0.3) is 0 Å². The Hall–Kier alpha value is -1.07. The third-order valence-electron chi connectivity index (χ3n) is 6.69. The standard InChI is InChI=1S/C20H31N3OS/c1-19(2,15-7-6-12-25-15)13-22-18(21-3)23-16-14-8-11-24-17(14)20(16)9-4-5-10-20/h6-7,12,14,16-17H,4-5,8-11,13H2,1-3H3,(H2,21,22,23). The van der Waals surface area contributed by atoms with E-state index in [4.69, 9.17) is 4.74 Å². The zero-order valence-corrected chi connectivity index (χ0v) is 16.5. The maximum absolute atomic E-state index is 6.10. The van der Waals surface area contributed by atoms with E-state index in [1.54, 1.807) is 0 Å². The van der Waals surface area contributed by atoms with Crippen molar-refractivity contribution in [3.8, 4) is 0 Å². The minimum Gasteiger partial charge on any atom is -0.377 e. The van der Waals surface area contributed by atoms with Crippen molar-refractivity contribution in [1.82, 2.24) is 10.6 Å². The van der Waals surface area contributed by atoms with Crippen molar-refractivity contribution in [2.45, 2.75) is 63.5 Å².